The Bertz CT molecular complexity index is 1390. The normalized spacial score (nSPS) is 15.0. The molecule has 1 fully saturated rings. The van der Waals surface area contributed by atoms with Gasteiger partial charge in [-0.25, -0.2) is 14.4 Å². The minimum atomic E-state index is -0.647. The maximum Gasteiger partial charge on any atom is 0.270 e. The fourth-order valence-corrected chi connectivity index (χ4v) is 4.34. The Kier molecular flexibility index (Phi) is 6.77. The number of pyridine rings is 2. The minimum Gasteiger partial charge on any atom is -0.494 e. The van der Waals surface area contributed by atoms with Crippen LogP contribution in [-0.4, -0.2) is 52.0 Å². The first-order valence-electron chi connectivity index (χ1n) is 11.7. The van der Waals surface area contributed by atoms with Crippen molar-refractivity contribution in [3.63, 3.8) is 0 Å². The highest BCUT2D eigenvalue weighted by Gasteiger charge is 2.23. The Balaban J connectivity index is 1.42. The molecular formula is C26H27FN6O3. The molecule has 0 aliphatic carbocycles. The minimum absolute atomic E-state index is 0.129. The molecule has 4 heterocycles. The average molecular weight is 491 g/mol. The average Bonchev–Trinajstić information content (AvgIpc) is 3.32. The number of aryl methyl sites for hydroxylation is 1. The highest BCUT2D eigenvalue weighted by atomic mass is 19.1. The van der Waals surface area contributed by atoms with Crippen LogP contribution in [0, 0.1) is 5.82 Å². The first-order valence-corrected chi connectivity index (χ1v) is 11.7. The summed E-state index contributed by atoms with van der Waals surface area (Å²) >= 11 is 0. The zero-order chi connectivity index (χ0) is 25.1. The Morgan fingerprint density at radius 3 is 2.75 bits per heavy atom. The molecule has 4 aromatic rings. The van der Waals surface area contributed by atoms with Gasteiger partial charge in [0.05, 0.1) is 24.4 Å². The SMILES string of the molecule is COc1ccc(C(NC(=O)c2ccc3cnc(NC4CCOCC4)cc3n2)c2ccnn2C)cc1F. The van der Waals surface area contributed by atoms with Crippen molar-refractivity contribution in [2.75, 3.05) is 25.6 Å². The van der Waals surface area contributed by atoms with Crippen LogP contribution in [0.4, 0.5) is 10.2 Å². The van der Waals surface area contributed by atoms with Gasteiger partial charge in [-0.3, -0.25) is 9.48 Å². The van der Waals surface area contributed by atoms with Crippen LogP contribution in [-0.2, 0) is 11.8 Å². The molecular weight excluding hydrogens is 463 g/mol. The molecule has 1 aliphatic heterocycles. The summed E-state index contributed by atoms with van der Waals surface area (Å²) in [5.74, 6) is -0.0721. The van der Waals surface area contributed by atoms with Crippen molar-refractivity contribution in [3.8, 4) is 5.75 Å². The van der Waals surface area contributed by atoms with Crippen molar-refractivity contribution < 1.29 is 18.7 Å². The Labute approximate surface area is 207 Å². The van der Waals surface area contributed by atoms with Crippen LogP contribution in [0.3, 0.4) is 0 Å². The molecule has 2 N–H and O–H groups in total. The molecule has 1 saturated heterocycles. The van der Waals surface area contributed by atoms with E-state index in [1.54, 1.807) is 42.3 Å². The van der Waals surface area contributed by atoms with Gasteiger partial charge in [0, 0.05) is 50.1 Å². The van der Waals surface area contributed by atoms with E-state index in [1.807, 2.05) is 12.1 Å². The third-order valence-electron chi connectivity index (χ3n) is 6.32. The first kappa shape index (κ1) is 23.7. The number of fused-ring (bicyclic) bond motifs is 1. The third kappa shape index (κ3) is 4.99. The van der Waals surface area contributed by atoms with Crippen molar-refractivity contribution in [2.45, 2.75) is 24.9 Å². The van der Waals surface area contributed by atoms with E-state index in [1.165, 1.54) is 19.2 Å². The number of nitrogens with zero attached hydrogens (tertiary/aromatic N) is 4. The van der Waals surface area contributed by atoms with E-state index in [-0.39, 0.29) is 11.4 Å². The van der Waals surface area contributed by atoms with Gasteiger partial charge in [0.2, 0.25) is 0 Å². The molecule has 5 rings (SSSR count). The summed E-state index contributed by atoms with van der Waals surface area (Å²) in [5, 5.41) is 11.4. The van der Waals surface area contributed by atoms with E-state index in [0.29, 0.717) is 28.6 Å². The van der Waals surface area contributed by atoms with Crippen molar-refractivity contribution in [1.29, 1.82) is 0 Å². The van der Waals surface area contributed by atoms with Crippen LogP contribution in [0.5, 0.6) is 5.75 Å². The molecule has 9 nitrogen and oxygen atoms in total. The van der Waals surface area contributed by atoms with Crippen molar-refractivity contribution >= 4 is 22.6 Å². The predicted molar refractivity (Wildman–Crippen MR) is 132 cm³/mol. The lowest BCUT2D eigenvalue weighted by Gasteiger charge is -2.23. The van der Waals surface area contributed by atoms with Gasteiger partial charge < -0.3 is 20.1 Å². The van der Waals surface area contributed by atoms with Gasteiger partial charge in [-0.05, 0) is 48.7 Å². The smallest absolute Gasteiger partial charge is 0.270 e. The summed E-state index contributed by atoms with van der Waals surface area (Å²) in [6.45, 7) is 1.45. The lowest BCUT2D eigenvalue weighted by atomic mass is 10.0. The molecule has 1 amide bonds. The summed E-state index contributed by atoms with van der Waals surface area (Å²) in [6, 6.07) is 11.3. The van der Waals surface area contributed by atoms with Crippen LogP contribution in [0.1, 0.15) is 40.6 Å². The van der Waals surface area contributed by atoms with Gasteiger partial charge >= 0.3 is 0 Å². The topological polar surface area (TPSA) is 103 Å². The number of carbonyl (C=O) groups is 1. The fraction of sp³-hybridized carbons (Fsp3) is 0.308. The Morgan fingerprint density at radius 2 is 2.03 bits per heavy atom. The molecule has 0 radical (unpaired) electrons. The first-order chi connectivity index (χ1) is 17.5. The number of halogens is 1. The molecule has 186 valence electrons. The molecule has 1 aromatic carbocycles. The molecule has 10 heteroatoms. The molecule has 1 aliphatic rings. The standard InChI is InChI=1S/C26H27FN6O3/c1-33-22(7-10-29-33)25(16-4-6-23(35-2)19(27)13-16)32-26(34)20-5-3-17-15-28-24(14-21(17)31-20)30-18-8-11-36-12-9-18/h3-7,10,13-15,18,25H,8-9,11-12H2,1-2H3,(H,28,30)(H,32,34). The number of anilines is 1. The van der Waals surface area contributed by atoms with Crippen molar-refractivity contribution in [3.05, 3.63) is 77.6 Å². The zero-order valence-electron chi connectivity index (χ0n) is 20.1. The molecule has 1 unspecified atom stereocenters. The number of benzene rings is 1. The highest BCUT2D eigenvalue weighted by molar-refractivity contribution is 5.95. The molecule has 0 saturated carbocycles. The predicted octanol–water partition coefficient (Wildman–Crippen LogP) is 3.62. The number of ether oxygens (including phenoxy) is 2. The van der Waals surface area contributed by atoms with Crippen LogP contribution in [0.15, 0.2) is 54.9 Å². The molecule has 36 heavy (non-hydrogen) atoms. The number of hydrogen-bond acceptors (Lipinski definition) is 7. The van der Waals surface area contributed by atoms with Crippen LogP contribution in [0.25, 0.3) is 10.9 Å². The number of rotatable bonds is 7. The summed E-state index contributed by atoms with van der Waals surface area (Å²) in [7, 11) is 3.17. The van der Waals surface area contributed by atoms with E-state index in [2.05, 4.69) is 25.7 Å². The van der Waals surface area contributed by atoms with Crippen LogP contribution < -0.4 is 15.4 Å². The van der Waals surface area contributed by atoms with E-state index >= 15 is 0 Å². The van der Waals surface area contributed by atoms with E-state index in [9.17, 15) is 9.18 Å². The molecule has 1 atom stereocenters. The Hall–Kier alpha value is -4.05. The number of hydrogen-bond donors (Lipinski definition) is 2. The zero-order valence-corrected chi connectivity index (χ0v) is 20.1. The van der Waals surface area contributed by atoms with Gasteiger partial charge in [-0.2, -0.15) is 5.10 Å². The third-order valence-corrected chi connectivity index (χ3v) is 6.32. The molecule has 0 bridgehead atoms. The maximum absolute atomic E-state index is 14.5. The second-order valence-corrected chi connectivity index (χ2v) is 8.67. The maximum atomic E-state index is 14.5. The van der Waals surface area contributed by atoms with Gasteiger partial charge in [0.25, 0.3) is 5.91 Å². The number of nitrogens with one attached hydrogen (secondary N) is 2. The van der Waals surface area contributed by atoms with Crippen molar-refractivity contribution in [2.24, 2.45) is 7.05 Å². The fourth-order valence-electron chi connectivity index (χ4n) is 4.34. The number of aromatic nitrogens is 4. The second kappa shape index (κ2) is 10.3. The summed E-state index contributed by atoms with van der Waals surface area (Å²) in [6.07, 6.45) is 5.20. The van der Waals surface area contributed by atoms with Gasteiger partial charge in [0.1, 0.15) is 11.5 Å². The van der Waals surface area contributed by atoms with Crippen LogP contribution >= 0.6 is 0 Å². The second-order valence-electron chi connectivity index (χ2n) is 8.67. The molecule has 0 spiro atoms. The Morgan fingerprint density at radius 1 is 1.19 bits per heavy atom. The summed E-state index contributed by atoms with van der Waals surface area (Å²) in [4.78, 5) is 22.4. The quantitative estimate of drug-likeness (QED) is 0.408. The van der Waals surface area contributed by atoms with E-state index < -0.39 is 17.8 Å². The van der Waals surface area contributed by atoms with E-state index in [0.717, 1.165) is 31.4 Å². The molecule has 3 aromatic heterocycles. The lowest BCUT2D eigenvalue weighted by molar-refractivity contribution is 0.0903. The lowest BCUT2D eigenvalue weighted by Crippen LogP contribution is -2.31. The van der Waals surface area contributed by atoms with Gasteiger partial charge in [-0.15, -0.1) is 0 Å². The summed E-state index contributed by atoms with van der Waals surface area (Å²) < 4.78 is 26.6. The highest BCUT2D eigenvalue weighted by Crippen LogP contribution is 2.27. The number of carbonyl (C=O) groups excluding carboxylic acids is 1. The monoisotopic (exact) mass is 490 g/mol. The van der Waals surface area contributed by atoms with Gasteiger partial charge in [0.15, 0.2) is 11.6 Å². The summed E-state index contributed by atoms with van der Waals surface area (Å²) in [5.41, 5.74) is 2.14. The number of methoxy groups -OCH3 is 1. The number of amides is 1. The van der Waals surface area contributed by atoms with E-state index in [4.69, 9.17) is 9.47 Å². The largest absolute Gasteiger partial charge is 0.494 e. The van der Waals surface area contributed by atoms with Crippen molar-refractivity contribution in [1.82, 2.24) is 25.1 Å². The van der Waals surface area contributed by atoms with Crippen LogP contribution in [0.2, 0.25) is 0 Å². The van der Waals surface area contributed by atoms with Gasteiger partial charge in [-0.1, -0.05) is 6.07 Å².